The number of halogens is 1. The molecule has 90 valence electrons. The van der Waals surface area contributed by atoms with E-state index in [2.05, 4.69) is 0 Å². The van der Waals surface area contributed by atoms with Crippen molar-refractivity contribution in [2.45, 2.75) is 32.4 Å². The second-order valence-electron chi connectivity index (χ2n) is 4.57. The van der Waals surface area contributed by atoms with Crippen LogP contribution in [-0.2, 0) is 0 Å². The number of hydrogen-bond acceptors (Lipinski definition) is 3. The van der Waals surface area contributed by atoms with E-state index < -0.39 is 5.60 Å². The minimum atomic E-state index is -0.866. The van der Waals surface area contributed by atoms with Crippen LogP contribution in [0.15, 0.2) is 18.2 Å². The summed E-state index contributed by atoms with van der Waals surface area (Å²) in [5.74, 6) is 0.668. The fraction of sp³-hybridized carbons (Fsp3) is 0.500. The van der Waals surface area contributed by atoms with Gasteiger partial charge in [0.15, 0.2) is 0 Å². The maximum absolute atomic E-state index is 9.58. The van der Waals surface area contributed by atoms with E-state index in [-0.39, 0.29) is 12.6 Å². The molecule has 3 N–H and O–H groups in total. The Bertz CT molecular complexity index is 359. The first-order valence-electron chi connectivity index (χ1n) is 5.20. The highest BCUT2D eigenvalue weighted by atomic mass is 35.5. The van der Waals surface area contributed by atoms with E-state index in [1.807, 2.05) is 6.92 Å². The molecule has 0 aliphatic carbocycles. The third kappa shape index (κ3) is 4.00. The Labute approximate surface area is 101 Å². The van der Waals surface area contributed by atoms with Gasteiger partial charge in [0.2, 0.25) is 0 Å². The summed E-state index contributed by atoms with van der Waals surface area (Å²) >= 11 is 5.89. The van der Waals surface area contributed by atoms with Crippen LogP contribution in [0.4, 0.5) is 0 Å². The molecular formula is C12H18ClNO2. The van der Waals surface area contributed by atoms with Crippen molar-refractivity contribution in [3.8, 4) is 5.75 Å². The van der Waals surface area contributed by atoms with Gasteiger partial charge in [-0.05, 0) is 39.0 Å². The number of rotatable bonds is 4. The molecule has 0 aliphatic rings. The van der Waals surface area contributed by atoms with Gasteiger partial charge in [0.25, 0.3) is 0 Å². The molecule has 3 nitrogen and oxygen atoms in total. The molecule has 1 rings (SSSR count). The predicted molar refractivity (Wildman–Crippen MR) is 65.8 cm³/mol. The van der Waals surface area contributed by atoms with E-state index in [9.17, 15) is 5.11 Å². The first-order valence-corrected chi connectivity index (χ1v) is 5.57. The molecule has 0 aromatic heterocycles. The van der Waals surface area contributed by atoms with Crippen LogP contribution in [0.2, 0.25) is 5.02 Å². The Kier molecular flexibility index (Phi) is 4.19. The highest BCUT2D eigenvalue weighted by Gasteiger charge is 2.16. The normalized spacial score (nSPS) is 13.6. The Balaban J connectivity index is 2.87. The molecule has 0 saturated carbocycles. The molecule has 1 unspecified atom stereocenters. The van der Waals surface area contributed by atoms with Gasteiger partial charge >= 0.3 is 0 Å². The maximum atomic E-state index is 9.58. The maximum Gasteiger partial charge on any atom is 0.124 e. The summed E-state index contributed by atoms with van der Waals surface area (Å²) in [7, 11) is 0. The lowest BCUT2D eigenvalue weighted by Crippen LogP contribution is -2.28. The SMILES string of the molecule is CC(N)c1cc(Cl)ccc1OCC(C)(C)O. The summed E-state index contributed by atoms with van der Waals surface area (Å²) in [5, 5.41) is 10.2. The standard InChI is InChI=1S/C12H18ClNO2/c1-8(14)10-6-9(13)4-5-11(10)16-7-12(2,3)15/h4-6,8,15H,7,14H2,1-3H3. The van der Waals surface area contributed by atoms with Gasteiger partial charge in [-0.1, -0.05) is 11.6 Å². The molecule has 16 heavy (non-hydrogen) atoms. The molecule has 1 atom stereocenters. The fourth-order valence-electron chi connectivity index (χ4n) is 1.26. The summed E-state index contributed by atoms with van der Waals surface area (Å²) in [6.45, 7) is 5.46. The van der Waals surface area contributed by atoms with Crippen molar-refractivity contribution in [3.05, 3.63) is 28.8 Å². The van der Waals surface area contributed by atoms with E-state index >= 15 is 0 Å². The molecule has 0 aliphatic heterocycles. The minimum absolute atomic E-state index is 0.157. The lowest BCUT2D eigenvalue weighted by molar-refractivity contribution is 0.0280. The van der Waals surface area contributed by atoms with E-state index in [0.29, 0.717) is 10.8 Å². The fourth-order valence-corrected chi connectivity index (χ4v) is 1.44. The van der Waals surface area contributed by atoms with Crippen LogP contribution in [0.5, 0.6) is 5.75 Å². The zero-order chi connectivity index (χ0) is 12.3. The quantitative estimate of drug-likeness (QED) is 0.855. The summed E-state index contributed by atoms with van der Waals surface area (Å²) in [5.41, 5.74) is 5.80. The smallest absolute Gasteiger partial charge is 0.124 e. The lowest BCUT2D eigenvalue weighted by atomic mass is 10.1. The molecule has 0 radical (unpaired) electrons. The monoisotopic (exact) mass is 243 g/mol. The molecule has 0 fully saturated rings. The van der Waals surface area contributed by atoms with Gasteiger partial charge in [0.05, 0.1) is 5.60 Å². The number of nitrogens with two attached hydrogens (primary N) is 1. The van der Waals surface area contributed by atoms with Crippen molar-refractivity contribution < 1.29 is 9.84 Å². The van der Waals surface area contributed by atoms with Crippen LogP contribution in [-0.4, -0.2) is 17.3 Å². The second kappa shape index (κ2) is 5.04. The second-order valence-corrected chi connectivity index (χ2v) is 5.01. The first-order chi connectivity index (χ1) is 7.29. The van der Waals surface area contributed by atoms with Crippen molar-refractivity contribution in [2.24, 2.45) is 5.73 Å². The van der Waals surface area contributed by atoms with Gasteiger partial charge in [0, 0.05) is 16.6 Å². The molecule has 1 aromatic carbocycles. The van der Waals surface area contributed by atoms with Crippen LogP contribution < -0.4 is 10.5 Å². The highest BCUT2D eigenvalue weighted by Crippen LogP contribution is 2.27. The Morgan fingerprint density at radius 3 is 2.62 bits per heavy atom. The zero-order valence-electron chi connectivity index (χ0n) is 9.83. The summed E-state index contributed by atoms with van der Waals surface area (Å²) in [4.78, 5) is 0. The van der Waals surface area contributed by atoms with Crippen molar-refractivity contribution in [1.29, 1.82) is 0 Å². The van der Waals surface area contributed by atoms with Gasteiger partial charge < -0.3 is 15.6 Å². The van der Waals surface area contributed by atoms with E-state index in [4.69, 9.17) is 22.1 Å². The van der Waals surface area contributed by atoms with Crippen molar-refractivity contribution in [2.75, 3.05) is 6.61 Å². The Morgan fingerprint density at radius 2 is 2.12 bits per heavy atom. The minimum Gasteiger partial charge on any atom is -0.490 e. The summed E-state index contributed by atoms with van der Waals surface area (Å²) in [6, 6.07) is 5.14. The number of benzene rings is 1. The molecule has 0 spiro atoms. The lowest BCUT2D eigenvalue weighted by Gasteiger charge is -2.20. The third-order valence-electron chi connectivity index (χ3n) is 2.04. The van der Waals surface area contributed by atoms with Gasteiger partial charge in [0.1, 0.15) is 12.4 Å². The van der Waals surface area contributed by atoms with Gasteiger partial charge in [-0.3, -0.25) is 0 Å². The summed E-state index contributed by atoms with van der Waals surface area (Å²) in [6.07, 6.45) is 0. The number of hydrogen-bond donors (Lipinski definition) is 2. The van der Waals surface area contributed by atoms with Gasteiger partial charge in [-0.2, -0.15) is 0 Å². The molecule has 0 saturated heterocycles. The van der Waals surface area contributed by atoms with Crippen molar-refractivity contribution in [3.63, 3.8) is 0 Å². The third-order valence-corrected chi connectivity index (χ3v) is 2.28. The van der Waals surface area contributed by atoms with Gasteiger partial charge in [-0.25, -0.2) is 0 Å². The average molecular weight is 244 g/mol. The van der Waals surface area contributed by atoms with Crippen LogP contribution in [0.3, 0.4) is 0 Å². The molecule has 0 bridgehead atoms. The zero-order valence-corrected chi connectivity index (χ0v) is 10.6. The first kappa shape index (κ1) is 13.3. The average Bonchev–Trinajstić information content (AvgIpc) is 2.14. The largest absolute Gasteiger partial charge is 0.490 e. The van der Waals surface area contributed by atoms with Crippen LogP contribution in [0.1, 0.15) is 32.4 Å². The molecule has 0 amide bonds. The van der Waals surface area contributed by atoms with Crippen LogP contribution in [0, 0.1) is 0 Å². The Morgan fingerprint density at radius 1 is 1.50 bits per heavy atom. The number of aliphatic hydroxyl groups is 1. The highest BCUT2D eigenvalue weighted by molar-refractivity contribution is 6.30. The topological polar surface area (TPSA) is 55.5 Å². The van der Waals surface area contributed by atoms with E-state index in [1.54, 1.807) is 32.0 Å². The Hall–Kier alpha value is -0.770. The van der Waals surface area contributed by atoms with Crippen LogP contribution >= 0.6 is 11.6 Å². The van der Waals surface area contributed by atoms with Crippen molar-refractivity contribution in [1.82, 2.24) is 0 Å². The predicted octanol–water partition coefficient (Wildman–Crippen LogP) is 2.51. The van der Waals surface area contributed by atoms with Crippen LogP contribution in [0.25, 0.3) is 0 Å². The molecule has 1 aromatic rings. The number of ether oxygens (including phenoxy) is 1. The van der Waals surface area contributed by atoms with E-state index in [1.165, 1.54) is 0 Å². The molecular weight excluding hydrogens is 226 g/mol. The molecule has 0 heterocycles. The molecule has 4 heteroatoms. The van der Waals surface area contributed by atoms with Crippen molar-refractivity contribution >= 4 is 11.6 Å². The van der Waals surface area contributed by atoms with Gasteiger partial charge in [-0.15, -0.1) is 0 Å². The van der Waals surface area contributed by atoms with E-state index in [0.717, 1.165) is 5.56 Å². The summed E-state index contributed by atoms with van der Waals surface area (Å²) < 4.78 is 5.53.